The number of hydrogen-bond donors (Lipinski definition) is 2. The Kier molecular flexibility index (Phi) is 5.95. The number of anilines is 2. The summed E-state index contributed by atoms with van der Waals surface area (Å²) in [7, 11) is 1.09. The summed E-state index contributed by atoms with van der Waals surface area (Å²) in [6.07, 6.45) is 6.28. The smallest absolute Gasteiger partial charge is 0.227 e. The van der Waals surface area contributed by atoms with Gasteiger partial charge in [-0.05, 0) is 44.2 Å². The summed E-state index contributed by atoms with van der Waals surface area (Å²) in [5.41, 5.74) is 1.32. The van der Waals surface area contributed by atoms with Crippen molar-refractivity contribution in [1.29, 1.82) is 5.41 Å². The van der Waals surface area contributed by atoms with Gasteiger partial charge in [-0.15, -0.1) is 0 Å². The average molecular weight is 373 g/mol. The molecule has 0 saturated carbocycles. The van der Waals surface area contributed by atoms with E-state index < -0.39 is 10.8 Å². The number of aromatic nitrogens is 2. The molecule has 0 radical (unpaired) electrons. The van der Waals surface area contributed by atoms with Gasteiger partial charge in [0.2, 0.25) is 5.88 Å². The average Bonchev–Trinajstić information content (AvgIpc) is 2.64. The molecule has 3 rings (SSSR count). The Bertz CT molecular complexity index is 789. The number of nitrogens with zero attached hydrogens (tertiary/aromatic N) is 3. The van der Waals surface area contributed by atoms with Crippen LogP contribution in [-0.2, 0) is 10.8 Å². The summed E-state index contributed by atoms with van der Waals surface area (Å²) in [6, 6.07) is 7.29. The minimum absolute atomic E-state index is 0.103. The molecule has 1 aromatic heterocycles. The van der Waals surface area contributed by atoms with Crippen molar-refractivity contribution in [3.63, 3.8) is 0 Å². The molecule has 1 aliphatic heterocycles. The van der Waals surface area contributed by atoms with Crippen molar-refractivity contribution in [1.82, 2.24) is 14.9 Å². The number of hydrogen-bond acceptors (Lipinski definition) is 7. The largest absolute Gasteiger partial charge is 0.474 e. The van der Waals surface area contributed by atoms with Crippen molar-refractivity contribution in [2.45, 2.75) is 23.8 Å². The first-order chi connectivity index (χ1) is 12.6. The molecule has 7 nitrogen and oxygen atoms in total. The first-order valence-corrected chi connectivity index (χ1v) is 10.0. The standard InChI is InChI=1S/C18H23N5O2S/c1-23-9-7-14(8-10-23)25-18-16(11-19)17(20-12-21-18)22-13-3-5-15(6-4-13)26(2)24/h3-6,11-12,14,19H,7-10H2,1-2H3,(H,20,21,22). The maximum Gasteiger partial charge on any atom is 0.227 e. The maximum absolute atomic E-state index is 11.5. The lowest BCUT2D eigenvalue weighted by molar-refractivity contribution is 0.110. The molecular formula is C18H23N5O2S. The van der Waals surface area contributed by atoms with Gasteiger partial charge in [0.05, 0.1) is 5.56 Å². The lowest BCUT2D eigenvalue weighted by atomic mass is 10.1. The highest BCUT2D eigenvalue weighted by molar-refractivity contribution is 7.84. The molecule has 0 aliphatic carbocycles. The molecular weight excluding hydrogens is 350 g/mol. The zero-order valence-electron chi connectivity index (χ0n) is 14.9. The van der Waals surface area contributed by atoms with Crippen LogP contribution in [0, 0.1) is 5.41 Å². The number of rotatable bonds is 6. The Labute approximate surface area is 155 Å². The Balaban J connectivity index is 1.77. The van der Waals surface area contributed by atoms with Gasteiger partial charge in [0.25, 0.3) is 0 Å². The maximum atomic E-state index is 11.5. The predicted octanol–water partition coefficient (Wildman–Crippen LogP) is 2.43. The number of ether oxygens (including phenoxy) is 1. The van der Waals surface area contributed by atoms with E-state index in [2.05, 4.69) is 27.2 Å². The van der Waals surface area contributed by atoms with Gasteiger partial charge in [-0.2, -0.15) is 0 Å². The summed E-state index contributed by atoms with van der Waals surface area (Å²) in [5.74, 6) is 0.946. The van der Waals surface area contributed by atoms with E-state index >= 15 is 0 Å². The Morgan fingerprint density at radius 2 is 1.96 bits per heavy atom. The van der Waals surface area contributed by atoms with Crippen molar-refractivity contribution in [3.05, 3.63) is 36.2 Å². The Hall–Kier alpha value is -2.32. The van der Waals surface area contributed by atoms with Gasteiger partial charge in [-0.3, -0.25) is 4.21 Å². The van der Waals surface area contributed by atoms with Gasteiger partial charge >= 0.3 is 0 Å². The molecule has 1 aliphatic rings. The summed E-state index contributed by atoms with van der Waals surface area (Å²) in [4.78, 5) is 11.5. The monoisotopic (exact) mass is 373 g/mol. The fourth-order valence-electron chi connectivity index (χ4n) is 2.83. The number of piperidine rings is 1. The van der Waals surface area contributed by atoms with E-state index in [-0.39, 0.29) is 6.10 Å². The molecule has 2 N–H and O–H groups in total. The van der Waals surface area contributed by atoms with Gasteiger partial charge in [-0.25, -0.2) is 9.97 Å². The van der Waals surface area contributed by atoms with E-state index in [4.69, 9.17) is 10.1 Å². The van der Waals surface area contributed by atoms with Gasteiger partial charge < -0.3 is 20.4 Å². The normalized spacial score (nSPS) is 16.8. The van der Waals surface area contributed by atoms with Crippen molar-refractivity contribution >= 4 is 28.5 Å². The van der Waals surface area contributed by atoms with Crippen LogP contribution < -0.4 is 10.1 Å². The summed E-state index contributed by atoms with van der Waals surface area (Å²) in [6.45, 7) is 1.98. The molecule has 0 spiro atoms. The van der Waals surface area contributed by atoms with E-state index in [0.29, 0.717) is 17.3 Å². The summed E-state index contributed by atoms with van der Waals surface area (Å²) in [5, 5.41) is 10.9. The summed E-state index contributed by atoms with van der Waals surface area (Å²) < 4.78 is 17.5. The quantitative estimate of drug-likeness (QED) is 0.756. The van der Waals surface area contributed by atoms with Crippen LogP contribution in [0.5, 0.6) is 5.88 Å². The molecule has 0 amide bonds. The van der Waals surface area contributed by atoms with E-state index in [1.54, 1.807) is 18.4 Å². The van der Waals surface area contributed by atoms with Crippen molar-refractivity contribution in [2.24, 2.45) is 0 Å². The van der Waals surface area contributed by atoms with Gasteiger partial charge in [0.15, 0.2) is 0 Å². The number of benzene rings is 1. The highest BCUT2D eigenvalue weighted by Crippen LogP contribution is 2.26. The predicted molar refractivity (Wildman–Crippen MR) is 103 cm³/mol. The molecule has 1 aromatic carbocycles. The van der Waals surface area contributed by atoms with Crippen molar-refractivity contribution in [2.75, 3.05) is 31.7 Å². The highest BCUT2D eigenvalue weighted by Gasteiger charge is 2.21. The van der Waals surface area contributed by atoms with Crippen LogP contribution >= 0.6 is 0 Å². The van der Waals surface area contributed by atoms with Crippen LogP contribution in [0.15, 0.2) is 35.5 Å². The second-order valence-corrected chi connectivity index (χ2v) is 7.69. The van der Waals surface area contributed by atoms with E-state index in [0.717, 1.165) is 36.5 Å². The summed E-state index contributed by atoms with van der Waals surface area (Å²) >= 11 is 0. The topological polar surface area (TPSA) is 91.2 Å². The molecule has 1 unspecified atom stereocenters. The van der Waals surface area contributed by atoms with Crippen LogP contribution in [0.1, 0.15) is 18.4 Å². The SMILES string of the molecule is CN1CCC(Oc2ncnc(Nc3ccc(S(C)=O)cc3)c2C=N)CC1. The fraction of sp³-hybridized carbons (Fsp3) is 0.389. The van der Waals surface area contributed by atoms with Crippen LogP contribution in [0.25, 0.3) is 0 Å². The highest BCUT2D eigenvalue weighted by atomic mass is 32.2. The van der Waals surface area contributed by atoms with Crippen LogP contribution in [0.4, 0.5) is 11.5 Å². The minimum atomic E-state index is -1.01. The number of likely N-dealkylation sites (tertiary alicyclic amines) is 1. The van der Waals surface area contributed by atoms with E-state index in [1.807, 2.05) is 12.1 Å². The van der Waals surface area contributed by atoms with Crippen LogP contribution in [0.3, 0.4) is 0 Å². The Morgan fingerprint density at radius 3 is 2.58 bits per heavy atom. The van der Waals surface area contributed by atoms with E-state index in [1.165, 1.54) is 12.5 Å². The molecule has 2 aromatic rings. The zero-order chi connectivity index (χ0) is 18.5. The van der Waals surface area contributed by atoms with Gasteiger partial charge in [0, 0.05) is 46.9 Å². The van der Waals surface area contributed by atoms with E-state index in [9.17, 15) is 4.21 Å². The molecule has 2 heterocycles. The number of nitrogens with one attached hydrogen (secondary N) is 2. The third-order valence-corrected chi connectivity index (χ3v) is 5.32. The minimum Gasteiger partial charge on any atom is -0.474 e. The molecule has 1 atom stereocenters. The molecule has 1 saturated heterocycles. The van der Waals surface area contributed by atoms with Crippen LogP contribution in [0.2, 0.25) is 0 Å². The lowest BCUT2D eigenvalue weighted by Crippen LogP contribution is -2.36. The van der Waals surface area contributed by atoms with Crippen molar-refractivity contribution in [3.8, 4) is 5.88 Å². The van der Waals surface area contributed by atoms with Gasteiger partial charge in [0.1, 0.15) is 18.2 Å². The lowest BCUT2D eigenvalue weighted by Gasteiger charge is -2.29. The third kappa shape index (κ3) is 4.44. The Morgan fingerprint density at radius 1 is 1.27 bits per heavy atom. The van der Waals surface area contributed by atoms with Crippen molar-refractivity contribution < 1.29 is 8.95 Å². The second kappa shape index (κ2) is 8.37. The van der Waals surface area contributed by atoms with Gasteiger partial charge in [-0.1, -0.05) is 0 Å². The molecule has 1 fully saturated rings. The molecule has 8 heteroatoms. The molecule has 0 bridgehead atoms. The second-order valence-electron chi connectivity index (χ2n) is 6.31. The third-order valence-electron chi connectivity index (χ3n) is 4.38. The molecule has 138 valence electrons. The zero-order valence-corrected chi connectivity index (χ0v) is 15.8. The first-order valence-electron chi connectivity index (χ1n) is 8.48. The first kappa shape index (κ1) is 18.5. The fourth-order valence-corrected chi connectivity index (χ4v) is 3.35. The van der Waals surface area contributed by atoms with Crippen LogP contribution in [-0.4, -0.2) is 57.8 Å². The molecule has 26 heavy (non-hydrogen) atoms.